The van der Waals surface area contributed by atoms with Crippen LogP contribution in [0.15, 0.2) is 35.1 Å². The molecule has 9 heteroatoms. The highest BCUT2D eigenvalue weighted by Gasteiger charge is 2.40. The molecule has 27 heavy (non-hydrogen) atoms. The van der Waals surface area contributed by atoms with E-state index >= 15 is 0 Å². The van der Waals surface area contributed by atoms with Gasteiger partial charge in [0.15, 0.2) is 5.15 Å². The molecule has 2 amide bonds. The summed E-state index contributed by atoms with van der Waals surface area (Å²) < 4.78 is 4.98. The molecule has 144 valence electrons. The first-order valence-corrected chi connectivity index (χ1v) is 9.12. The van der Waals surface area contributed by atoms with E-state index < -0.39 is 11.5 Å². The Hall–Kier alpha value is -2.45. The highest BCUT2D eigenvalue weighted by molar-refractivity contribution is 6.29. The second-order valence-electron chi connectivity index (χ2n) is 6.57. The number of carbonyl (C=O) groups excluding carboxylic acids is 2. The molecule has 2 aromatic rings. The second-order valence-corrected chi connectivity index (χ2v) is 6.96. The van der Waals surface area contributed by atoms with Gasteiger partial charge in [0.25, 0.3) is 5.91 Å². The van der Waals surface area contributed by atoms with E-state index in [0.29, 0.717) is 31.8 Å². The summed E-state index contributed by atoms with van der Waals surface area (Å²) in [5.74, 6) is 0.0757. The number of hydrogen-bond acceptors (Lipinski definition) is 6. The number of likely N-dealkylation sites (tertiary alicyclic amines) is 1. The molecule has 0 saturated carbocycles. The lowest BCUT2D eigenvalue weighted by molar-refractivity contribution is -0.149. The van der Waals surface area contributed by atoms with Gasteiger partial charge < -0.3 is 19.8 Å². The number of amides is 2. The van der Waals surface area contributed by atoms with Crippen molar-refractivity contribution >= 4 is 23.4 Å². The van der Waals surface area contributed by atoms with Crippen molar-refractivity contribution in [1.82, 2.24) is 20.4 Å². The summed E-state index contributed by atoms with van der Waals surface area (Å²) in [7, 11) is 0. The van der Waals surface area contributed by atoms with Crippen LogP contribution in [0.1, 0.15) is 30.6 Å². The van der Waals surface area contributed by atoms with Crippen LogP contribution in [-0.4, -0.2) is 50.7 Å². The standard InChI is InChI=1S/C18H21ClN4O4/c19-15-10-14(27-22-15)3-4-16(24)23-8-5-18(26,6-9-23)17(25)21-12-13-2-1-7-20-11-13/h1-2,7,10-11,26H,3-6,8-9,12H2,(H,21,25). The number of nitrogens with zero attached hydrogens (tertiary/aromatic N) is 3. The summed E-state index contributed by atoms with van der Waals surface area (Å²) in [6, 6.07) is 5.21. The number of aliphatic hydroxyl groups is 1. The molecule has 2 aromatic heterocycles. The first kappa shape index (κ1) is 19.3. The van der Waals surface area contributed by atoms with Crippen molar-refractivity contribution in [3.05, 3.63) is 47.1 Å². The van der Waals surface area contributed by atoms with Gasteiger partial charge in [-0.15, -0.1) is 0 Å². The van der Waals surface area contributed by atoms with Gasteiger partial charge in [0.1, 0.15) is 11.4 Å². The Labute approximate surface area is 161 Å². The van der Waals surface area contributed by atoms with Crippen LogP contribution >= 0.6 is 11.6 Å². The van der Waals surface area contributed by atoms with Gasteiger partial charge in [0.2, 0.25) is 5.91 Å². The maximum atomic E-state index is 12.4. The lowest BCUT2D eigenvalue weighted by Crippen LogP contribution is -2.54. The minimum absolute atomic E-state index is 0.0552. The molecule has 0 radical (unpaired) electrons. The van der Waals surface area contributed by atoms with Gasteiger partial charge in [0.05, 0.1) is 0 Å². The molecule has 0 aliphatic carbocycles. The van der Waals surface area contributed by atoms with Crippen LogP contribution in [0.5, 0.6) is 0 Å². The van der Waals surface area contributed by atoms with Crippen LogP contribution in [-0.2, 0) is 22.6 Å². The summed E-state index contributed by atoms with van der Waals surface area (Å²) >= 11 is 5.68. The summed E-state index contributed by atoms with van der Waals surface area (Å²) in [4.78, 5) is 30.3. The molecule has 0 spiro atoms. The molecule has 1 fully saturated rings. The third-order valence-corrected chi connectivity index (χ3v) is 4.84. The maximum Gasteiger partial charge on any atom is 0.252 e. The summed E-state index contributed by atoms with van der Waals surface area (Å²) in [5, 5.41) is 17.2. The van der Waals surface area contributed by atoms with Crippen LogP contribution in [0.25, 0.3) is 0 Å². The smallest absolute Gasteiger partial charge is 0.252 e. The monoisotopic (exact) mass is 392 g/mol. The lowest BCUT2D eigenvalue weighted by atomic mass is 9.90. The van der Waals surface area contributed by atoms with Gasteiger partial charge in [-0.2, -0.15) is 0 Å². The van der Waals surface area contributed by atoms with Crippen molar-refractivity contribution in [1.29, 1.82) is 0 Å². The SMILES string of the molecule is O=C(CCc1cc(Cl)no1)N1CCC(O)(C(=O)NCc2cccnc2)CC1. The summed E-state index contributed by atoms with van der Waals surface area (Å²) in [5.41, 5.74) is -0.605. The van der Waals surface area contributed by atoms with Crippen LogP contribution in [0.2, 0.25) is 5.15 Å². The number of aromatic nitrogens is 2. The quantitative estimate of drug-likeness (QED) is 0.767. The number of pyridine rings is 1. The first-order chi connectivity index (χ1) is 13.0. The van der Waals surface area contributed by atoms with E-state index in [1.165, 1.54) is 0 Å². The maximum absolute atomic E-state index is 12.4. The van der Waals surface area contributed by atoms with E-state index in [1.807, 2.05) is 6.07 Å². The predicted molar refractivity (Wildman–Crippen MR) is 96.7 cm³/mol. The number of hydrogen-bond donors (Lipinski definition) is 2. The van der Waals surface area contributed by atoms with Gasteiger partial charge in [-0.05, 0) is 11.6 Å². The fraction of sp³-hybridized carbons (Fsp3) is 0.444. The molecule has 0 bridgehead atoms. The number of halogens is 1. The van der Waals surface area contributed by atoms with E-state index in [4.69, 9.17) is 16.1 Å². The number of carbonyl (C=O) groups is 2. The van der Waals surface area contributed by atoms with Crippen molar-refractivity contribution in [3.63, 3.8) is 0 Å². The number of nitrogens with one attached hydrogen (secondary N) is 1. The van der Waals surface area contributed by atoms with Crippen LogP contribution in [0.4, 0.5) is 0 Å². The Morgan fingerprint density at radius 2 is 2.15 bits per heavy atom. The Morgan fingerprint density at radius 1 is 1.37 bits per heavy atom. The average molecular weight is 393 g/mol. The zero-order valence-electron chi connectivity index (χ0n) is 14.7. The van der Waals surface area contributed by atoms with Crippen molar-refractivity contribution in [2.45, 2.75) is 37.8 Å². The molecule has 0 unspecified atom stereocenters. The molecule has 1 saturated heterocycles. The number of rotatable bonds is 6. The molecule has 3 rings (SSSR count). The van der Waals surface area contributed by atoms with Gasteiger partial charge in [-0.3, -0.25) is 14.6 Å². The van der Waals surface area contributed by atoms with E-state index in [2.05, 4.69) is 15.5 Å². The molecule has 2 N–H and O–H groups in total. The third-order valence-electron chi connectivity index (χ3n) is 4.66. The van der Waals surface area contributed by atoms with Crippen LogP contribution < -0.4 is 5.32 Å². The minimum atomic E-state index is -1.46. The van der Waals surface area contributed by atoms with Crippen molar-refractivity contribution in [2.75, 3.05) is 13.1 Å². The van der Waals surface area contributed by atoms with Gasteiger partial charge in [-0.25, -0.2) is 0 Å². The van der Waals surface area contributed by atoms with Gasteiger partial charge in [-0.1, -0.05) is 22.8 Å². The summed E-state index contributed by atoms with van der Waals surface area (Å²) in [6.07, 6.45) is 4.38. The van der Waals surface area contributed by atoms with Gasteiger partial charge in [0, 0.05) is 63.8 Å². The fourth-order valence-corrected chi connectivity index (χ4v) is 3.15. The molecule has 1 aliphatic heterocycles. The van der Waals surface area contributed by atoms with Crippen LogP contribution in [0.3, 0.4) is 0 Å². The van der Waals surface area contributed by atoms with Crippen molar-refractivity contribution in [3.8, 4) is 0 Å². The normalized spacial score (nSPS) is 16.1. The van der Waals surface area contributed by atoms with Gasteiger partial charge >= 0.3 is 0 Å². The predicted octanol–water partition coefficient (Wildman–Crippen LogP) is 1.33. The zero-order valence-corrected chi connectivity index (χ0v) is 15.5. The first-order valence-electron chi connectivity index (χ1n) is 8.75. The topological polar surface area (TPSA) is 109 Å². The Balaban J connectivity index is 1.45. The third kappa shape index (κ3) is 5.05. The average Bonchev–Trinajstić information content (AvgIpc) is 3.11. The number of piperidine rings is 1. The Morgan fingerprint density at radius 3 is 2.78 bits per heavy atom. The minimum Gasteiger partial charge on any atom is -0.380 e. The molecule has 0 atom stereocenters. The zero-order chi connectivity index (χ0) is 19.3. The van der Waals surface area contributed by atoms with Crippen molar-refractivity contribution < 1.29 is 19.2 Å². The van der Waals surface area contributed by atoms with E-state index in [-0.39, 0.29) is 30.3 Å². The molecule has 1 aliphatic rings. The Bertz CT molecular complexity index is 788. The highest BCUT2D eigenvalue weighted by atomic mass is 35.5. The molecule has 3 heterocycles. The molecule has 0 aromatic carbocycles. The van der Waals surface area contributed by atoms with E-state index in [0.717, 1.165) is 5.56 Å². The molecular formula is C18H21ClN4O4. The van der Waals surface area contributed by atoms with Crippen LogP contribution in [0, 0.1) is 0 Å². The largest absolute Gasteiger partial charge is 0.380 e. The molecule has 8 nitrogen and oxygen atoms in total. The highest BCUT2D eigenvalue weighted by Crippen LogP contribution is 2.23. The van der Waals surface area contributed by atoms with E-state index in [9.17, 15) is 14.7 Å². The molecular weight excluding hydrogens is 372 g/mol. The second kappa shape index (κ2) is 8.49. The summed E-state index contributed by atoms with van der Waals surface area (Å²) in [6.45, 7) is 0.955. The fourth-order valence-electron chi connectivity index (χ4n) is 3.00. The number of aryl methyl sites for hydroxylation is 1. The Kier molecular flexibility index (Phi) is 6.08. The van der Waals surface area contributed by atoms with E-state index in [1.54, 1.807) is 29.4 Å². The lowest BCUT2D eigenvalue weighted by Gasteiger charge is -2.37. The van der Waals surface area contributed by atoms with Crippen molar-refractivity contribution in [2.24, 2.45) is 0 Å².